The normalized spacial score (nSPS) is 19.7. The molecule has 1 aliphatic carbocycles. The first kappa shape index (κ1) is 22.5. The van der Waals surface area contributed by atoms with Gasteiger partial charge in [-0.3, -0.25) is 19.6 Å². The van der Waals surface area contributed by atoms with Gasteiger partial charge in [0.25, 0.3) is 5.91 Å². The number of carbonyl (C=O) groups excluding carboxylic acids is 2. The lowest BCUT2D eigenvalue weighted by atomic mass is 9.72. The van der Waals surface area contributed by atoms with Gasteiger partial charge in [-0.25, -0.2) is 0 Å². The Morgan fingerprint density at radius 2 is 1.74 bits per heavy atom. The number of hydrogen-bond acceptors (Lipinski definition) is 6. The van der Waals surface area contributed by atoms with E-state index >= 15 is 0 Å². The van der Waals surface area contributed by atoms with Gasteiger partial charge in [0.05, 0.1) is 19.0 Å². The lowest BCUT2D eigenvalue weighted by Gasteiger charge is -2.37. The standard InChI is InChI=1S/C28H26N4O3/c1-17-25(28(34)32-21-6-4-12-30-16-21)26(19-5-3-11-29-15-19)27-23(31-17)13-20(14-24(27)33)18-7-9-22(35-2)10-8-18/h3-12,15-16,20,26,31H,13-14H2,1-2H3,(H,32,34). The van der Waals surface area contributed by atoms with Crippen LogP contribution in [0.15, 0.2) is 95.9 Å². The minimum Gasteiger partial charge on any atom is -0.497 e. The summed E-state index contributed by atoms with van der Waals surface area (Å²) >= 11 is 0. The van der Waals surface area contributed by atoms with Crippen molar-refractivity contribution in [3.05, 3.63) is 107 Å². The van der Waals surface area contributed by atoms with Crippen LogP contribution in [-0.2, 0) is 9.59 Å². The fraction of sp³-hybridized carbons (Fsp3) is 0.214. The van der Waals surface area contributed by atoms with E-state index in [4.69, 9.17) is 4.74 Å². The van der Waals surface area contributed by atoms with Crippen LogP contribution in [0.25, 0.3) is 0 Å². The highest BCUT2D eigenvalue weighted by molar-refractivity contribution is 6.09. The molecule has 5 rings (SSSR count). The van der Waals surface area contributed by atoms with E-state index in [0.717, 1.165) is 28.3 Å². The third kappa shape index (κ3) is 4.45. The molecule has 0 bridgehead atoms. The van der Waals surface area contributed by atoms with Crippen LogP contribution in [0.1, 0.15) is 42.7 Å². The van der Waals surface area contributed by atoms with Crippen LogP contribution in [0, 0.1) is 0 Å². The average Bonchev–Trinajstić information content (AvgIpc) is 2.88. The maximum Gasteiger partial charge on any atom is 0.254 e. The van der Waals surface area contributed by atoms with Crippen molar-refractivity contribution in [2.45, 2.75) is 31.6 Å². The molecular formula is C28H26N4O3. The first-order valence-corrected chi connectivity index (χ1v) is 11.5. The van der Waals surface area contributed by atoms with Crippen LogP contribution in [0.4, 0.5) is 5.69 Å². The van der Waals surface area contributed by atoms with Gasteiger partial charge in [-0.05, 0) is 60.7 Å². The topological polar surface area (TPSA) is 93.2 Å². The van der Waals surface area contributed by atoms with Gasteiger partial charge in [0, 0.05) is 53.5 Å². The first-order valence-electron chi connectivity index (χ1n) is 11.5. The number of rotatable bonds is 5. The Morgan fingerprint density at radius 1 is 1.00 bits per heavy atom. The number of Topliss-reactive ketones (excluding diaryl/α,β-unsaturated/α-hetero) is 1. The molecule has 0 saturated carbocycles. The highest BCUT2D eigenvalue weighted by Gasteiger charge is 2.41. The van der Waals surface area contributed by atoms with Crippen LogP contribution in [-0.4, -0.2) is 28.8 Å². The van der Waals surface area contributed by atoms with Crippen molar-refractivity contribution in [1.29, 1.82) is 0 Å². The Balaban J connectivity index is 1.52. The smallest absolute Gasteiger partial charge is 0.254 e. The molecule has 1 aliphatic heterocycles. The van der Waals surface area contributed by atoms with Crippen molar-refractivity contribution in [2.75, 3.05) is 12.4 Å². The number of carbonyl (C=O) groups is 2. The van der Waals surface area contributed by atoms with E-state index in [1.807, 2.05) is 43.3 Å². The number of allylic oxidation sites excluding steroid dienone is 3. The van der Waals surface area contributed by atoms with Crippen LogP contribution >= 0.6 is 0 Å². The van der Waals surface area contributed by atoms with Crippen LogP contribution in [0.3, 0.4) is 0 Å². The number of ether oxygens (including phenoxy) is 1. The summed E-state index contributed by atoms with van der Waals surface area (Å²) in [4.78, 5) is 35.5. The number of nitrogens with zero attached hydrogens (tertiary/aromatic N) is 2. The number of amides is 1. The number of hydrogen-bond donors (Lipinski definition) is 2. The van der Waals surface area contributed by atoms with Crippen molar-refractivity contribution in [3.63, 3.8) is 0 Å². The molecule has 1 aromatic carbocycles. The molecule has 0 saturated heterocycles. The quantitative estimate of drug-likeness (QED) is 0.576. The summed E-state index contributed by atoms with van der Waals surface area (Å²) in [5, 5.41) is 6.34. The van der Waals surface area contributed by atoms with Gasteiger partial charge in [-0.1, -0.05) is 18.2 Å². The monoisotopic (exact) mass is 466 g/mol. The fourth-order valence-corrected chi connectivity index (χ4v) is 4.97. The minimum atomic E-state index is -0.499. The van der Waals surface area contributed by atoms with E-state index in [-0.39, 0.29) is 17.6 Å². The lowest BCUT2D eigenvalue weighted by Crippen LogP contribution is -2.37. The largest absolute Gasteiger partial charge is 0.497 e. The number of ketones is 1. The molecule has 35 heavy (non-hydrogen) atoms. The molecule has 2 aliphatic rings. The summed E-state index contributed by atoms with van der Waals surface area (Å²) in [5.41, 5.74) is 5.24. The SMILES string of the molecule is COc1ccc(C2CC(=O)C3=C(C2)NC(C)=C(C(=O)Nc2cccnc2)C3c2cccnc2)cc1. The number of benzene rings is 1. The first-order chi connectivity index (χ1) is 17.0. The third-order valence-corrected chi connectivity index (χ3v) is 6.60. The molecule has 3 heterocycles. The highest BCUT2D eigenvalue weighted by Crippen LogP contribution is 2.45. The average molecular weight is 467 g/mol. The van der Waals surface area contributed by atoms with Crippen LogP contribution in [0.2, 0.25) is 0 Å². The van der Waals surface area contributed by atoms with Crippen molar-refractivity contribution in [3.8, 4) is 5.75 Å². The summed E-state index contributed by atoms with van der Waals surface area (Å²) in [6, 6.07) is 15.2. The second-order valence-electron chi connectivity index (χ2n) is 8.77. The van der Waals surface area contributed by atoms with Crippen molar-refractivity contribution in [1.82, 2.24) is 15.3 Å². The molecule has 7 nitrogen and oxygen atoms in total. The Hall–Kier alpha value is -4.26. The molecule has 7 heteroatoms. The number of anilines is 1. The number of pyridine rings is 2. The minimum absolute atomic E-state index is 0.0348. The van der Waals surface area contributed by atoms with Gasteiger partial charge >= 0.3 is 0 Å². The van der Waals surface area contributed by atoms with E-state index in [1.165, 1.54) is 0 Å². The van der Waals surface area contributed by atoms with Gasteiger partial charge in [-0.15, -0.1) is 0 Å². The summed E-state index contributed by atoms with van der Waals surface area (Å²) in [6.07, 6.45) is 7.72. The van der Waals surface area contributed by atoms with Gasteiger partial charge in [-0.2, -0.15) is 0 Å². The Kier molecular flexibility index (Phi) is 6.14. The predicted octanol–water partition coefficient (Wildman–Crippen LogP) is 4.49. The zero-order valence-corrected chi connectivity index (χ0v) is 19.6. The maximum atomic E-state index is 13.6. The summed E-state index contributed by atoms with van der Waals surface area (Å²) in [5.74, 6) is 0.0982. The van der Waals surface area contributed by atoms with E-state index < -0.39 is 5.92 Å². The van der Waals surface area contributed by atoms with Gasteiger partial charge in [0.2, 0.25) is 0 Å². The molecule has 176 valence electrons. The van der Waals surface area contributed by atoms with E-state index in [2.05, 4.69) is 20.6 Å². The second kappa shape index (κ2) is 9.54. The van der Waals surface area contributed by atoms with Crippen LogP contribution < -0.4 is 15.4 Å². The molecule has 3 aromatic rings. The van der Waals surface area contributed by atoms with Crippen molar-refractivity contribution in [2.24, 2.45) is 0 Å². The van der Waals surface area contributed by atoms with E-state index in [0.29, 0.717) is 29.7 Å². The molecule has 2 aromatic heterocycles. The van der Waals surface area contributed by atoms with Gasteiger partial charge in [0.15, 0.2) is 5.78 Å². The Labute approximate surface area is 204 Å². The molecule has 2 unspecified atom stereocenters. The lowest BCUT2D eigenvalue weighted by molar-refractivity contribution is -0.116. The van der Waals surface area contributed by atoms with Gasteiger partial charge < -0.3 is 15.4 Å². The second-order valence-corrected chi connectivity index (χ2v) is 8.77. The van der Waals surface area contributed by atoms with Crippen molar-refractivity contribution < 1.29 is 14.3 Å². The number of dihydropyridines is 1. The molecular weight excluding hydrogens is 440 g/mol. The molecule has 0 fully saturated rings. The molecule has 1 amide bonds. The summed E-state index contributed by atoms with van der Waals surface area (Å²) < 4.78 is 5.28. The number of nitrogens with one attached hydrogen (secondary N) is 2. The fourth-order valence-electron chi connectivity index (χ4n) is 4.97. The van der Waals surface area contributed by atoms with Crippen LogP contribution in [0.5, 0.6) is 5.75 Å². The molecule has 2 N–H and O–H groups in total. The molecule has 0 radical (unpaired) electrons. The van der Waals surface area contributed by atoms with E-state index in [9.17, 15) is 9.59 Å². The predicted molar refractivity (Wildman–Crippen MR) is 133 cm³/mol. The zero-order chi connectivity index (χ0) is 24.4. The van der Waals surface area contributed by atoms with Gasteiger partial charge in [0.1, 0.15) is 5.75 Å². The van der Waals surface area contributed by atoms with E-state index in [1.54, 1.807) is 44.0 Å². The highest BCUT2D eigenvalue weighted by atomic mass is 16.5. The van der Waals surface area contributed by atoms with Crippen molar-refractivity contribution >= 4 is 17.4 Å². The Morgan fingerprint density at radius 3 is 2.40 bits per heavy atom. The Bertz CT molecular complexity index is 1320. The maximum absolute atomic E-state index is 13.6. The number of methoxy groups -OCH3 is 1. The molecule has 0 spiro atoms. The third-order valence-electron chi connectivity index (χ3n) is 6.60. The zero-order valence-electron chi connectivity index (χ0n) is 19.6. The summed E-state index contributed by atoms with van der Waals surface area (Å²) in [7, 11) is 1.64. The molecule has 2 atom stereocenters. The summed E-state index contributed by atoms with van der Waals surface area (Å²) in [6.45, 7) is 1.88. The number of aromatic nitrogens is 2.